The van der Waals surface area contributed by atoms with Crippen LogP contribution in [0.4, 0.5) is 5.95 Å². The summed E-state index contributed by atoms with van der Waals surface area (Å²) in [5.74, 6) is 2.99. The van der Waals surface area contributed by atoms with Crippen LogP contribution in [0.25, 0.3) is 11.0 Å². The Morgan fingerprint density at radius 3 is 2.61 bits per heavy atom. The molecule has 154 valence electrons. The molecular formula is C20H32N6OS. The lowest BCUT2D eigenvalue weighted by molar-refractivity contribution is 0.0705. The molecule has 2 aromatic rings. The van der Waals surface area contributed by atoms with E-state index < -0.39 is 0 Å². The largest absolute Gasteiger partial charge is 0.354 e. The standard InChI is InChI=1S/C20H32N6OS/c1-19(2,3)26-16-15(13-22-26)17(27)24-18(23-16)21-14-20(7-5-4-6-8-20)25-9-11-28-12-10-25/h13H,4-12,14H2,1-3H3,(H2,21,23,24,27). The van der Waals surface area contributed by atoms with Crippen LogP contribution in [0, 0.1) is 0 Å². The minimum atomic E-state index is -0.226. The van der Waals surface area contributed by atoms with Crippen LogP contribution in [0.3, 0.4) is 0 Å². The summed E-state index contributed by atoms with van der Waals surface area (Å²) in [5.41, 5.74) is 0.466. The SMILES string of the molecule is CC(C)(C)n1ncc2c(=O)[nH]c(NCC3(N4CCSCC4)CCCCC3)nc21. The number of H-pyrrole nitrogens is 1. The van der Waals surface area contributed by atoms with Gasteiger partial charge in [0.1, 0.15) is 5.39 Å². The number of aromatic amines is 1. The van der Waals surface area contributed by atoms with Crippen molar-refractivity contribution >= 4 is 28.7 Å². The van der Waals surface area contributed by atoms with Gasteiger partial charge in [0.05, 0.1) is 11.7 Å². The first-order valence-corrected chi connectivity index (χ1v) is 11.6. The molecule has 7 nitrogen and oxygen atoms in total. The number of nitrogens with zero attached hydrogens (tertiary/aromatic N) is 4. The Hall–Kier alpha value is -1.54. The summed E-state index contributed by atoms with van der Waals surface area (Å²) in [6.07, 6.45) is 7.95. The van der Waals surface area contributed by atoms with Crippen molar-refractivity contribution in [1.29, 1.82) is 0 Å². The lowest BCUT2D eigenvalue weighted by Crippen LogP contribution is -2.57. The number of aromatic nitrogens is 4. The average Bonchev–Trinajstić information content (AvgIpc) is 3.13. The van der Waals surface area contributed by atoms with Crippen molar-refractivity contribution in [2.24, 2.45) is 0 Å². The van der Waals surface area contributed by atoms with Crippen LogP contribution in [0.5, 0.6) is 0 Å². The highest BCUT2D eigenvalue weighted by Crippen LogP contribution is 2.35. The maximum Gasteiger partial charge on any atom is 0.263 e. The molecule has 2 aliphatic rings. The maximum absolute atomic E-state index is 12.6. The number of rotatable bonds is 4. The van der Waals surface area contributed by atoms with Gasteiger partial charge >= 0.3 is 0 Å². The van der Waals surface area contributed by atoms with E-state index in [0.717, 1.165) is 19.6 Å². The molecule has 1 saturated carbocycles. The highest BCUT2D eigenvalue weighted by molar-refractivity contribution is 7.99. The van der Waals surface area contributed by atoms with Crippen LogP contribution >= 0.6 is 11.8 Å². The summed E-state index contributed by atoms with van der Waals surface area (Å²) < 4.78 is 1.83. The first kappa shape index (κ1) is 19.8. The second-order valence-corrected chi connectivity index (χ2v) is 10.3. The zero-order valence-corrected chi connectivity index (χ0v) is 18.1. The third-order valence-corrected chi connectivity index (χ3v) is 7.07. The van der Waals surface area contributed by atoms with E-state index >= 15 is 0 Å². The van der Waals surface area contributed by atoms with E-state index in [2.05, 4.69) is 52.8 Å². The predicted octanol–water partition coefficient (Wildman–Crippen LogP) is 3.04. The zero-order chi connectivity index (χ0) is 19.8. The Bertz CT molecular complexity index is 871. The minimum absolute atomic E-state index is 0.130. The quantitative estimate of drug-likeness (QED) is 0.815. The molecule has 0 radical (unpaired) electrons. The predicted molar refractivity (Wildman–Crippen MR) is 116 cm³/mol. The fourth-order valence-electron chi connectivity index (χ4n) is 4.59. The first-order chi connectivity index (χ1) is 13.4. The molecular weight excluding hydrogens is 372 g/mol. The second-order valence-electron chi connectivity index (χ2n) is 9.12. The van der Waals surface area contributed by atoms with E-state index in [-0.39, 0.29) is 16.6 Å². The molecule has 1 saturated heterocycles. The smallest absolute Gasteiger partial charge is 0.263 e. The van der Waals surface area contributed by atoms with Gasteiger partial charge in [0.25, 0.3) is 5.56 Å². The number of nitrogens with one attached hydrogen (secondary N) is 2. The molecule has 28 heavy (non-hydrogen) atoms. The topological polar surface area (TPSA) is 78.8 Å². The van der Waals surface area contributed by atoms with Crippen LogP contribution < -0.4 is 10.9 Å². The fraction of sp³-hybridized carbons (Fsp3) is 0.750. The Morgan fingerprint density at radius 2 is 1.93 bits per heavy atom. The second kappa shape index (κ2) is 7.71. The van der Waals surface area contributed by atoms with Crippen molar-refractivity contribution in [3.8, 4) is 0 Å². The van der Waals surface area contributed by atoms with E-state index in [1.54, 1.807) is 6.20 Å². The van der Waals surface area contributed by atoms with Crippen molar-refractivity contribution in [2.45, 2.75) is 64.0 Å². The summed E-state index contributed by atoms with van der Waals surface area (Å²) in [6.45, 7) is 9.36. The van der Waals surface area contributed by atoms with E-state index in [0.29, 0.717) is 17.0 Å². The number of thioether (sulfide) groups is 1. The molecule has 0 bridgehead atoms. The maximum atomic E-state index is 12.6. The van der Waals surface area contributed by atoms with Crippen LogP contribution in [0.15, 0.2) is 11.0 Å². The molecule has 2 N–H and O–H groups in total. The van der Waals surface area contributed by atoms with Crippen LogP contribution in [0.1, 0.15) is 52.9 Å². The molecule has 0 atom stereocenters. The van der Waals surface area contributed by atoms with Crippen LogP contribution in [0.2, 0.25) is 0 Å². The molecule has 2 aromatic heterocycles. The van der Waals surface area contributed by atoms with Gasteiger partial charge < -0.3 is 5.32 Å². The van der Waals surface area contributed by atoms with Gasteiger partial charge in [0, 0.05) is 36.7 Å². The van der Waals surface area contributed by atoms with E-state index in [9.17, 15) is 4.79 Å². The highest BCUT2D eigenvalue weighted by atomic mass is 32.2. The monoisotopic (exact) mass is 404 g/mol. The number of hydrogen-bond donors (Lipinski definition) is 2. The van der Waals surface area contributed by atoms with Gasteiger partial charge in [-0.15, -0.1) is 0 Å². The molecule has 4 rings (SSSR count). The van der Waals surface area contributed by atoms with E-state index in [4.69, 9.17) is 4.98 Å². The summed E-state index contributed by atoms with van der Waals surface area (Å²) in [4.78, 5) is 22.9. The summed E-state index contributed by atoms with van der Waals surface area (Å²) in [7, 11) is 0. The summed E-state index contributed by atoms with van der Waals surface area (Å²) >= 11 is 2.05. The molecule has 8 heteroatoms. The Labute approximate surface area is 170 Å². The van der Waals surface area contributed by atoms with Crippen molar-refractivity contribution < 1.29 is 0 Å². The van der Waals surface area contributed by atoms with Gasteiger partial charge in [-0.05, 0) is 33.6 Å². The van der Waals surface area contributed by atoms with Gasteiger partial charge in [-0.1, -0.05) is 19.3 Å². The third-order valence-electron chi connectivity index (χ3n) is 6.12. The van der Waals surface area contributed by atoms with E-state index in [1.807, 2.05) is 4.68 Å². The van der Waals surface area contributed by atoms with Crippen molar-refractivity contribution in [3.05, 3.63) is 16.6 Å². The van der Waals surface area contributed by atoms with Gasteiger partial charge in [-0.25, -0.2) is 4.68 Å². The Morgan fingerprint density at radius 1 is 1.21 bits per heavy atom. The summed E-state index contributed by atoms with van der Waals surface area (Å²) in [6, 6.07) is 0. The molecule has 0 aromatic carbocycles. The molecule has 2 fully saturated rings. The van der Waals surface area contributed by atoms with Gasteiger partial charge in [-0.3, -0.25) is 14.7 Å². The lowest BCUT2D eigenvalue weighted by Gasteiger charge is -2.48. The zero-order valence-electron chi connectivity index (χ0n) is 17.3. The number of hydrogen-bond acceptors (Lipinski definition) is 6. The van der Waals surface area contributed by atoms with E-state index in [1.165, 1.54) is 43.6 Å². The molecule has 0 unspecified atom stereocenters. The fourth-order valence-corrected chi connectivity index (χ4v) is 5.50. The third kappa shape index (κ3) is 3.81. The molecule has 0 amide bonds. The minimum Gasteiger partial charge on any atom is -0.354 e. The van der Waals surface area contributed by atoms with Gasteiger partial charge in [0.15, 0.2) is 5.65 Å². The number of fused-ring (bicyclic) bond motifs is 1. The normalized spacial score (nSPS) is 21.1. The number of anilines is 1. The Balaban J connectivity index is 1.60. The van der Waals surface area contributed by atoms with Crippen LogP contribution in [-0.2, 0) is 5.54 Å². The average molecular weight is 405 g/mol. The van der Waals surface area contributed by atoms with Crippen LogP contribution in [-0.4, -0.2) is 61.3 Å². The van der Waals surface area contributed by atoms with Crippen molar-refractivity contribution in [2.75, 3.05) is 36.5 Å². The molecule has 3 heterocycles. The lowest BCUT2D eigenvalue weighted by atomic mass is 9.80. The highest BCUT2D eigenvalue weighted by Gasteiger charge is 2.38. The van der Waals surface area contributed by atoms with Gasteiger partial charge in [0.2, 0.25) is 5.95 Å². The first-order valence-electron chi connectivity index (χ1n) is 10.4. The molecule has 0 spiro atoms. The van der Waals surface area contributed by atoms with Gasteiger partial charge in [-0.2, -0.15) is 21.8 Å². The summed E-state index contributed by atoms with van der Waals surface area (Å²) in [5, 5.41) is 8.44. The van der Waals surface area contributed by atoms with Crippen molar-refractivity contribution in [3.63, 3.8) is 0 Å². The Kier molecular flexibility index (Phi) is 5.44. The molecule has 1 aliphatic heterocycles. The molecule has 1 aliphatic carbocycles. The van der Waals surface area contributed by atoms with Crippen molar-refractivity contribution in [1.82, 2.24) is 24.6 Å².